The Morgan fingerprint density at radius 3 is 2.93 bits per heavy atom. The quantitative estimate of drug-likeness (QED) is 0.787. The van der Waals surface area contributed by atoms with Crippen LogP contribution in [0.15, 0.2) is 6.20 Å². The fourth-order valence-corrected chi connectivity index (χ4v) is 2.74. The second-order valence-corrected chi connectivity index (χ2v) is 4.61. The summed E-state index contributed by atoms with van der Waals surface area (Å²) in [6.07, 6.45) is 4.18. The van der Waals surface area contributed by atoms with Gasteiger partial charge in [-0.3, -0.25) is 0 Å². The van der Waals surface area contributed by atoms with Gasteiger partial charge in [-0.25, -0.2) is 4.98 Å². The van der Waals surface area contributed by atoms with E-state index in [1.165, 1.54) is 24.3 Å². The Labute approximate surface area is 87.7 Å². The minimum absolute atomic E-state index is 0.377. The van der Waals surface area contributed by atoms with Gasteiger partial charge in [0.05, 0.1) is 18.4 Å². The van der Waals surface area contributed by atoms with E-state index in [0.29, 0.717) is 18.3 Å². The van der Waals surface area contributed by atoms with Gasteiger partial charge < -0.3 is 5.73 Å². The molecule has 1 fully saturated rings. The van der Waals surface area contributed by atoms with E-state index in [-0.39, 0.29) is 0 Å². The normalized spacial score (nSPS) is 18.4. The topological polar surface area (TPSA) is 64.7 Å². The second-order valence-electron chi connectivity index (χ2n) is 3.39. The van der Waals surface area contributed by atoms with E-state index in [4.69, 9.17) is 5.73 Å². The number of nitrogens with zero attached hydrogens (tertiary/aromatic N) is 3. The van der Waals surface area contributed by atoms with E-state index in [1.807, 2.05) is 11.8 Å². The standard InChI is InChI=1S/C9H14N4S/c10-5-9-12-8(6-11-13-9)7-1-3-14-4-2-7/h6-7H,1-5,10H2. The molecule has 14 heavy (non-hydrogen) atoms. The fourth-order valence-electron chi connectivity index (χ4n) is 1.63. The monoisotopic (exact) mass is 210 g/mol. The van der Waals surface area contributed by atoms with Gasteiger partial charge >= 0.3 is 0 Å². The Bertz CT molecular complexity index is 299. The number of rotatable bonds is 2. The third-order valence-electron chi connectivity index (χ3n) is 2.44. The Morgan fingerprint density at radius 2 is 2.21 bits per heavy atom. The number of nitrogens with two attached hydrogens (primary N) is 1. The zero-order chi connectivity index (χ0) is 9.80. The van der Waals surface area contributed by atoms with Crippen LogP contribution in [0.2, 0.25) is 0 Å². The molecule has 0 saturated carbocycles. The highest BCUT2D eigenvalue weighted by atomic mass is 32.2. The third-order valence-corrected chi connectivity index (χ3v) is 3.49. The molecule has 2 rings (SSSR count). The van der Waals surface area contributed by atoms with Crippen molar-refractivity contribution in [2.45, 2.75) is 25.3 Å². The van der Waals surface area contributed by atoms with Gasteiger partial charge in [-0.05, 0) is 24.3 Å². The van der Waals surface area contributed by atoms with Crippen LogP contribution in [0.1, 0.15) is 30.3 Å². The van der Waals surface area contributed by atoms with Crippen molar-refractivity contribution < 1.29 is 0 Å². The fraction of sp³-hybridized carbons (Fsp3) is 0.667. The lowest BCUT2D eigenvalue weighted by molar-refractivity contribution is 0.603. The summed E-state index contributed by atoms with van der Waals surface area (Å²) in [5.41, 5.74) is 6.55. The molecule has 1 saturated heterocycles. The van der Waals surface area contributed by atoms with Crippen molar-refractivity contribution in [1.29, 1.82) is 0 Å². The van der Waals surface area contributed by atoms with Gasteiger partial charge in [-0.15, -0.1) is 5.10 Å². The molecule has 0 spiro atoms. The first kappa shape index (κ1) is 9.86. The molecule has 0 aliphatic carbocycles. The summed E-state index contributed by atoms with van der Waals surface area (Å²) in [4.78, 5) is 4.41. The lowest BCUT2D eigenvalue weighted by Crippen LogP contribution is -2.13. The van der Waals surface area contributed by atoms with Crippen LogP contribution in [0.3, 0.4) is 0 Å². The maximum atomic E-state index is 5.48. The molecule has 4 nitrogen and oxygen atoms in total. The van der Waals surface area contributed by atoms with Crippen LogP contribution in [0.4, 0.5) is 0 Å². The third kappa shape index (κ3) is 2.22. The molecule has 1 aromatic rings. The molecule has 1 aromatic heterocycles. The molecule has 0 atom stereocenters. The second kappa shape index (κ2) is 4.70. The molecule has 2 heterocycles. The Hall–Kier alpha value is -0.680. The molecule has 76 valence electrons. The predicted octanol–water partition coefficient (Wildman–Crippen LogP) is 0.941. The van der Waals surface area contributed by atoms with E-state index in [0.717, 1.165) is 5.69 Å². The minimum atomic E-state index is 0.377. The smallest absolute Gasteiger partial charge is 0.164 e. The molecular weight excluding hydrogens is 196 g/mol. The number of aromatic nitrogens is 3. The first-order valence-electron chi connectivity index (χ1n) is 4.86. The maximum Gasteiger partial charge on any atom is 0.164 e. The Balaban J connectivity index is 2.13. The summed E-state index contributed by atoms with van der Waals surface area (Å²) in [5.74, 6) is 3.68. The minimum Gasteiger partial charge on any atom is -0.324 e. The lowest BCUT2D eigenvalue weighted by atomic mass is 9.99. The highest BCUT2D eigenvalue weighted by Gasteiger charge is 2.17. The Kier molecular flexibility index (Phi) is 3.31. The summed E-state index contributed by atoms with van der Waals surface area (Å²) in [6, 6.07) is 0. The molecule has 2 N–H and O–H groups in total. The van der Waals surface area contributed by atoms with Gasteiger partial charge in [0.15, 0.2) is 5.82 Å². The molecule has 1 aliphatic rings. The van der Waals surface area contributed by atoms with Crippen molar-refractivity contribution in [1.82, 2.24) is 15.2 Å². The van der Waals surface area contributed by atoms with E-state index >= 15 is 0 Å². The van der Waals surface area contributed by atoms with Crippen LogP contribution in [-0.4, -0.2) is 26.7 Å². The zero-order valence-corrected chi connectivity index (χ0v) is 8.83. The molecular formula is C9H14N4S. The van der Waals surface area contributed by atoms with Gasteiger partial charge in [-0.1, -0.05) is 0 Å². The molecule has 5 heteroatoms. The highest BCUT2D eigenvalue weighted by molar-refractivity contribution is 7.99. The van der Waals surface area contributed by atoms with E-state index < -0.39 is 0 Å². The van der Waals surface area contributed by atoms with Gasteiger partial charge in [0.1, 0.15) is 0 Å². The zero-order valence-electron chi connectivity index (χ0n) is 8.02. The van der Waals surface area contributed by atoms with Crippen molar-refractivity contribution in [2.75, 3.05) is 11.5 Å². The van der Waals surface area contributed by atoms with Crippen LogP contribution in [0.5, 0.6) is 0 Å². The van der Waals surface area contributed by atoms with E-state index in [2.05, 4.69) is 15.2 Å². The number of hydrogen-bond acceptors (Lipinski definition) is 5. The van der Waals surface area contributed by atoms with Crippen LogP contribution in [0, 0.1) is 0 Å². The number of thioether (sulfide) groups is 1. The van der Waals surface area contributed by atoms with Crippen molar-refractivity contribution in [3.63, 3.8) is 0 Å². The van der Waals surface area contributed by atoms with Gasteiger partial charge in [0.2, 0.25) is 0 Å². The molecule has 0 amide bonds. The summed E-state index contributed by atoms with van der Waals surface area (Å²) in [6.45, 7) is 0.377. The van der Waals surface area contributed by atoms with Crippen molar-refractivity contribution in [3.8, 4) is 0 Å². The van der Waals surface area contributed by atoms with E-state index in [9.17, 15) is 0 Å². The van der Waals surface area contributed by atoms with Crippen molar-refractivity contribution >= 4 is 11.8 Å². The highest BCUT2D eigenvalue weighted by Crippen LogP contribution is 2.29. The van der Waals surface area contributed by atoms with Gasteiger partial charge in [0, 0.05) is 5.92 Å². The van der Waals surface area contributed by atoms with E-state index in [1.54, 1.807) is 6.20 Å². The number of hydrogen-bond donors (Lipinski definition) is 1. The molecule has 0 radical (unpaired) electrons. The molecule has 1 aliphatic heterocycles. The van der Waals surface area contributed by atoms with Crippen LogP contribution in [-0.2, 0) is 6.54 Å². The van der Waals surface area contributed by atoms with Crippen LogP contribution in [0.25, 0.3) is 0 Å². The first-order chi connectivity index (χ1) is 6.90. The SMILES string of the molecule is NCc1nncc(C2CCSCC2)n1. The van der Waals surface area contributed by atoms with Crippen molar-refractivity contribution in [3.05, 3.63) is 17.7 Å². The summed E-state index contributed by atoms with van der Waals surface area (Å²) >= 11 is 2.01. The molecule has 0 aromatic carbocycles. The van der Waals surface area contributed by atoms with Gasteiger partial charge in [0.25, 0.3) is 0 Å². The average Bonchev–Trinajstić information content (AvgIpc) is 2.30. The maximum absolute atomic E-state index is 5.48. The summed E-state index contributed by atoms with van der Waals surface area (Å²) < 4.78 is 0. The van der Waals surface area contributed by atoms with Crippen LogP contribution < -0.4 is 5.73 Å². The largest absolute Gasteiger partial charge is 0.324 e. The first-order valence-corrected chi connectivity index (χ1v) is 6.02. The molecule has 0 bridgehead atoms. The Morgan fingerprint density at radius 1 is 1.43 bits per heavy atom. The molecule has 0 unspecified atom stereocenters. The van der Waals surface area contributed by atoms with Crippen LogP contribution >= 0.6 is 11.8 Å². The summed E-state index contributed by atoms with van der Waals surface area (Å²) in [7, 11) is 0. The van der Waals surface area contributed by atoms with Crippen molar-refractivity contribution in [2.24, 2.45) is 5.73 Å². The average molecular weight is 210 g/mol. The lowest BCUT2D eigenvalue weighted by Gasteiger charge is -2.20. The predicted molar refractivity (Wildman–Crippen MR) is 57.0 cm³/mol. The summed E-state index contributed by atoms with van der Waals surface area (Å²) in [5, 5.41) is 7.79. The van der Waals surface area contributed by atoms with Gasteiger partial charge in [-0.2, -0.15) is 16.9 Å².